The number of likely N-dealkylation sites (tertiary alicyclic amines) is 1. The second kappa shape index (κ2) is 9.02. The van der Waals surface area contributed by atoms with Crippen molar-refractivity contribution in [2.75, 3.05) is 25.0 Å². The van der Waals surface area contributed by atoms with Crippen LogP contribution in [0.2, 0.25) is 5.02 Å². The number of hydrogen-bond acceptors (Lipinski definition) is 3. The molecule has 1 aliphatic heterocycles. The Hall–Kier alpha value is -1.85. The summed E-state index contributed by atoms with van der Waals surface area (Å²) in [5, 5.41) is 3.63. The van der Waals surface area contributed by atoms with Crippen molar-refractivity contribution in [3.8, 4) is 0 Å². The molecular weight excluding hydrogens is 336 g/mol. The van der Waals surface area contributed by atoms with Gasteiger partial charge in [-0.15, -0.1) is 0 Å². The van der Waals surface area contributed by atoms with Crippen molar-refractivity contribution < 1.29 is 4.79 Å². The summed E-state index contributed by atoms with van der Waals surface area (Å²) < 4.78 is 0. The molecule has 0 bridgehead atoms. The third-order valence-electron chi connectivity index (χ3n) is 4.78. The Morgan fingerprint density at radius 1 is 1.32 bits per heavy atom. The van der Waals surface area contributed by atoms with Gasteiger partial charge in [0.15, 0.2) is 0 Å². The number of H-pyrrole nitrogens is 1. The smallest absolute Gasteiger partial charge is 0.227 e. The maximum Gasteiger partial charge on any atom is 0.227 e. The molecule has 1 aliphatic rings. The Bertz CT molecular complexity index is 666. The summed E-state index contributed by atoms with van der Waals surface area (Å²) >= 11 is 5.96. The Kier molecular flexibility index (Phi) is 6.48. The van der Waals surface area contributed by atoms with Crippen LogP contribution in [0, 0.1) is 5.92 Å². The number of carbonyl (C=O) groups is 1. The van der Waals surface area contributed by atoms with Crippen LogP contribution in [-0.4, -0.2) is 40.4 Å². The van der Waals surface area contributed by atoms with Crippen LogP contribution in [0.1, 0.15) is 31.4 Å². The lowest BCUT2D eigenvalue weighted by Gasteiger charge is -2.31. The van der Waals surface area contributed by atoms with Crippen LogP contribution in [0.15, 0.2) is 36.8 Å². The van der Waals surface area contributed by atoms with Crippen molar-refractivity contribution in [3.05, 3.63) is 47.5 Å². The molecule has 2 heterocycles. The molecule has 2 aromatic rings. The molecule has 1 aromatic carbocycles. The molecule has 2 N–H and O–H groups in total. The molecule has 0 spiro atoms. The topological polar surface area (TPSA) is 61.0 Å². The molecule has 0 atom stereocenters. The molecule has 134 valence electrons. The van der Waals surface area contributed by atoms with Crippen LogP contribution in [0.5, 0.6) is 0 Å². The zero-order valence-electron chi connectivity index (χ0n) is 14.4. The first-order chi connectivity index (χ1) is 12.2. The largest absolute Gasteiger partial charge is 0.348 e. The summed E-state index contributed by atoms with van der Waals surface area (Å²) in [6.45, 7) is 3.10. The van der Waals surface area contributed by atoms with Crippen LogP contribution < -0.4 is 5.32 Å². The fourth-order valence-corrected chi connectivity index (χ4v) is 3.49. The van der Waals surface area contributed by atoms with Crippen LogP contribution in [-0.2, 0) is 11.2 Å². The van der Waals surface area contributed by atoms with E-state index in [1.807, 2.05) is 24.4 Å². The maximum absolute atomic E-state index is 12.4. The van der Waals surface area contributed by atoms with E-state index >= 15 is 0 Å². The molecule has 0 saturated carbocycles. The zero-order chi connectivity index (χ0) is 17.5. The van der Waals surface area contributed by atoms with Gasteiger partial charge in [0.25, 0.3) is 0 Å². The number of piperidine rings is 1. The molecule has 3 rings (SSSR count). The number of aryl methyl sites for hydroxylation is 1. The number of halogens is 1. The number of amides is 1. The fourth-order valence-electron chi connectivity index (χ4n) is 3.30. The molecule has 1 amide bonds. The van der Waals surface area contributed by atoms with Gasteiger partial charge in [0.2, 0.25) is 5.91 Å². The Morgan fingerprint density at radius 2 is 2.16 bits per heavy atom. The highest BCUT2D eigenvalue weighted by atomic mass is 35.5. The van der Waals surface area contributed by atoms with Gasteiger partial charge in [0.05, 0.1) is 6.33 Å². The van der Waals surface area contributed by atoms with Gasteiger partial charge in [-0.3, -0.25) is 4.79 Å². The van der Waals surface area contributed by atoms with E-state index in [-0.39, 0.29) is 11.8 Å². The highest BCUT2D eigenvalue weighted by Crippen LogP contribution is 2.21. The predicted molar refractivity (Wildman–Crippen MR) is 101 cm³/mol. The van der Waals surface area contributed by atoms with Crippen molar-refractivity contribution in [2.24, 2.45) is 5.92 Å². The minimum absolute atomic E-state index is 0.0974. The monoisotopic (exact) mass is 360 g/mol. The van der Waals surface area contributed by atoms with E-state index in [0.717, 1.165) is 51.0 Å². The Balaban J connectivity index is 1.34. The molecule has 0 unspecified atom stereocenters. The van der Waals surface area contributed by atoms with Gasteiger partial charge in [0, 0.05) is 28.5 Å². The second-order valence-corrected chi connectivity index (χ2v) is 7.09. The number of aromatic amines is 1. The summed E-state index contributed by atoms with van der Waals surface area (Å²) in [7, 11) is 0. The molecular formula is C19H25ClN4O. The summed E-state index contributed by atoms with van der Waals surface area (Å²) in [5.74, 6) is 0.210. The van der Waals surface area contributed by atoms with Crippen molar-refractivity contribution in [3.63, 3.8) is 0 Å². The summed E-state index contributed by atoms with van der Waals surface area (Å²) in [5.41, 5.74) is 1.98. The predicted octanol–water partition coefficient (Wildman–Crippen LogP) is 3.74. The number of rotatable bonds is 7. The SMILES string of the molecule is O=C(Nc1cccc(Cl)c1)C1CCN(CCCCc2cnc[nH]2)CC1. The highest BCUT2D eigenvalue weighted by molar-refractivity contribution is 6.30. The zero-order valence-corrected chi connectivity index (χ0v) is 15.1. The minimum Gasteiger partial charge on any atom is -0.348 e. The molecule has 5 nitrogen and oxygen atoms in total. The van der Waals surface area contributed by atoms with Gasteiger partial charge in [0.1, 0.15) is 0 Å². The van der Waals surface area contributed by atoms with Crippen LogP contribution in [0.4, 0.5) is 5.69 Å². The van der Waals surface area contributed by atoms with Crippen LogP contribution >= 0.6 is 11.6 Å². The average molecular weight is 361 g/mol. The quantitative estimate of drug-likeness (QED) is 0.739. The second-order valence-electron chi connectivity index (χ2n) is 6.65. The molecule has 1 saturated heterocycles. The summed E-state index contributed by atoms with van der Waals surface area (Å²) in [6, 6.07) is 7.32. The normalized spacial score (nSPS) is 16.0. The van der Waals surface area contributed by atoms with E-state index in [1.54, 1.807) is 12.4 Å². The molecule has 6 heteroatoms. The first-order valence-electron chi connectivity index (χ1n) is 8.97. The van der Waals surface area contributed by atoms with Crippen LogP contribution in [0.25, 0.3) is 0 Å². The van der Waals surface area contributed by atoms with Crippen molar-refractivity contribution in [1.29, 1.82) is 0 Å². The van der Waals surface area contributed by atoms with Crippen molar-refractivity contribution in [2.45, 2.75) is 32.1 Å². The van der Waals surface area contributed by atoms with Crippen LogP contribution in [0.3, 0.4) is 0 Å². The number of anilines is 1. The van der Waals surface area contributed by atoms with Gasteiger partial charge in [-0.05, 0) is 69.9 Å². The van der Waals surface area contributed by atoms with E-state index in [9.17, 15) is 4.79 Å². The molecule has 1 fully saturated rings. The molecule has 0 radical (unpaired) electrons. The van der Waals surface area contributed by atoms with E-state index in [4.69, 9.17) is 11.6 Å². The van der Waals surface area contributed by atoms with E-state index in [1.165, 1.54) is 12.1 Å². The molecule has 25 heavy (non-hydrogen) atoms. The number of carbonyl (C=O) groups excluding carboxylic acids is 1. The summed E-state index contributed by atoms with van der Waals surface area (Å²) in [6.07, 6.45) is 8.87. The van der Waals surface area contributed by atoms with Gasteiger partial charge in [-0.1, -0.05) is 17.7 Å². The van der Waals surface area contributed by atoms with Gasteiger partial charge < -0.3 is 15.2 Å². The third kappa shape index (κ3) is 5.58. The lowest BCUT2D eigenvalue weighted by atomic mass is 9.95. The first kappa shape index (κ1) is 18.0. The third-order valence-corrected chi connectivity index (χ3v) is 5.01. The van der Waals surface area contributed by atoms with E-state index < -0.39 is 0 Å². The molecule has 1 aromatic heterocycles. The van der Waals surface area contributed by atoms with Gasteiger partial charge >= 0.3 is 0 Å². The number of aromatic nitrogens is 2. The van der Waals surface area contributed by atoms with Crippen molar-refractivity contribution in [1.82, 2.24) is 14.9 Å². The van der Waals surface area contributed by atoms with Gasteiger partial charge in [-0.2, -0.15) is 0 Å². The summed E-state index contributed by atoms with van der Waals surface area (Å²) in [4.78, 5) is 22.0. The number of hydrogen-bond donors (Lipinski definition) is 2. The number of unbranched alkanes of at least 4 members (excludes halogenated alkanes) is 1. The number of imidazole rings is 1. The lowest BCUT2D eigenvalue weighted by Crippen LogP contribution is -2.38. The number of benzene rings is 1. The van der Waals surface area contributed by atoms with E-state index in [0.29, 0.717) is 5.02 Å². The highest BCUT2D eigenvalue weighted by Gasteiger charge is 2.24. The minimum atomic E-state index is 0.0974. The van der Waals surface area contributed by atoms with E-state index in [2.05, 4.69) is 20.2 Å². The standard InChI is InChI=1S/C19H25ClN4O/c20-16-4-3-6-17(12-16)23-19(25)15-7-10-24(11-8-15)9-2-1-5-18-13-21-14-22-18/h3-4,6,12-15H,1-2,5,7-11H2,(H,21,22)(H,23,25). The Labute approximate surface area is 153 Å². The first-order valence-corrected chi connectivity index (χ1v) is 9.34. The maximum atomic E-state index is 12.4. The number of nitrogens with zero attached hydrogens (tertiary/aromatic N) is 2. The average Bonchev–Trinajstić information content (AvgIpc) is 3.13. The lowest BCUT2D eigenvalue weighted by molar-refractivity contribution is -0.121. The van der Waals surface area contributed by atoms with Gasteiger partial charge in [-0.25, -0.2) is 4.98 Å². The van der Waals surface area contributed by atoms with Crippen molar-refractivity contribution >= 4 is 23.2 Å². The number of nitrogens with one attached hydrogen (secondary N) is 2. The molecule has 0 aliphatic carbocycles. The Morgan fingerprint density at radius 3 is 2.88 bits per heavy atom. The fraction of sp³-hybridized carbons (Fsp3) is 0.474.